The molecule has 3 N–H and O–H groups in total. The highest BCUT2D eigenvalue weighted by Gasteiger charge is 2.32. The van der Waals surface area contributed by atoms with Crippen molar-refractivity contribution < 1.29 is 27.6 Å². The van der Waals surface area contributed by atoms with Crippen molar-refractivity contribution in [3.8, 4) is 11.5 Å². The zero-order valence-corrected chi connectivity index (χ0v) is 33.8. The number of benzene rings is 5. The average molecular weight is 827 g/mol. The lowest BCUT2D eigenvalue weighted by Gasteiger charge is -2.41. The maximum absolute atomic E-state index is 14.0. The van der Waals surface area contributed by atoms with E-state index in [4.69, 9.17) is 9.47 Å². The molecule has 1 amide bonds. The third-order valence-electron chi connectivity index (χ3n) is 12.0. The van der Waals surface area contributed by atoms with Crippen molar-refractivity contribution in [1.82, 2.24) is 14.6 Å². The van der Waals surface area contributed by atoms with Gasteiger partial charge in [-0.25, -0.2) is 13.1 Å². The van der Waals surface area contributed by atoms with Crippen molar-refractivity contribution in [2.75, 3.05) is 56.2 Å². The van der Waals surface area contributed by atoms with Crippen molar-refractivity contribution in [2.24, 2.45) is 5.92 Å². The van der Waals surface area contributed by atoms with E-state index in [9.17, 15) is 23.3 Å². The number of nitrogens with one attached hydrogen (secondary N) is 3. The van der Waals surface area contributed by atoms with E-state index in [1.54, 1.807) is 24.3 Å². The van der Waals surface area contributed by atoms with Gasteiger partial charge in [-0.3, -0.25) is 19.8 Å². The Balaban J connectivity index is 0.966. The highest BCUT2D eigenvalue weighted by atomic mass is 32.2. The number of hydrogen-bond acceptors (Lipinski definition) is 10. The molecule has 13 nitrogen and oxygen atoms in total. The summed E-state index contributed by atoms with van der Waals surface area (Å²) in [6.07, 6.45) is 5.49. The van der Waals surface area contributed by atoms with Crippen LogP contribution in [-0.2, 0) is 27.6 Å². The summed E-state index contributed by atoms with van der Waals surface area (Å²) in [4.78, 5) is 33.0. The van der Waals surface area contributed by atoms with Crippen LogP contribution >= 0.6 is 0 Å². The quantitative estimate of drug-likeness (QED) is 0.0868. The van der Waals surface area contributed by atoms with Crippen molar-refractivity contribution >= 4 is 43.9 Å². The van der Waals surface area contributed by atoms with Gasteiger partial charge in [0.25, 0.3) is 21.6 Å². The maximum atomic E-state index is 14.0. The number of anilines is 2. The number of sulfonamides is 1. The number of hydrogen-bond donors (Lipinski definition) is 3. The summed E-state index contributed by atoms with van der Waals surface area (Å²) in [7, 11) is -4.54. The van der Waals surface area contributed by atoms with Crippen LogP contribution in [-0.4, -0.2) is 75.1 Å². The number of amides is 1. The Labute approximate surface area is 348 Å². The van der Waals surface area contributed by atoms with Gasteiger partial charge < -0.3 is 24.7 Å². The van der Waals surface area contributed by atoms with Gasteiger partial charge in [0, 0.05) is 80.9 Å². The molecule has 6 aromatic rings. The number of carbonyl (C=O) groups is 1. The van der Waals surface area contributed by atoms with E-state index in [2.05, 4.69) is 73.4 Å². The molecule has 14 heteroatoms. The zero-order chi connectivity index (χ0) is 41.2. The molecule has 3 aliphatic rings. The molecule has 0 unspecified atom stereocenters. The number of aryl methyl sites for hydroxylation is 2. The molecular weight excluding hydrogens is 781 g/mol. The van der Waals surface area contributed by atoms with E-state index in [1.807, 2.05) is 24.4 Å². The zero-order valence-electron chi connectivity index (χ0n) is 33.0. The van der Waals surface area contributed by atoms with Crippen molar-refractivity contribution in [2.45, 2.75) is 36.6 Å². The van der Waals surface area contributed by atoms with Gasteiger partial charge in [-0.1, -0.05) is 48.5 Å². The van der Waals surface area contributed by atoms with E-state index in [0.29, 0.717) is 38.6 Å². The molecule has 60 heavy (non-hydrogen) atoms. The summed E-state index contributed by atoms with van der Waals surface area (Å²) >= 11 is 0. The molecule has 0 atom stereocenters. The number of aromatic amines is 1. The first-order valence-corrected chi connectivity index (χ1v) is 21.9. The number of carbonyl (C=O) groups excluding carboxylic acids is 1. The first-order valence-electron chi connectivity index (χ1n) is 20.4. The second-order valence-corrected chi connectivity index (χ2v) is 17.3. The highest BCUT2D eigenvalue weighted by Crippen LogP contribution is 2.39. The predicted octanol–water partition coefficient (Wildman–Crippen LogP) is 7.84. The van der Waals surface area contributed by atoms with Gasteiger partial charge in [0.1, 0.15) is 17.2 Å². The van der Waals surface area contributed by atoms with E-state index in [-0.39, 0.29) is 29.0 Å². The molecule has 1 aromatic heterocycles. The largest absolute Gasteiger partial charge is 0.456 e. The van der Waals surface area contributed by atoms with E-state index in [0.717, 1.165) is 61.4 Å². The molecule has 2 aliphatic heterocycles. The van der Waals surface area contributed by atoms with Crippen molar-refractivity contribution in [1.29, 1.82) is 0 Å². The fourth-order valence-corrected chi connectivity index (χ4v) is 9.73. The Morgan fingerprint density at radius 3 is 2.28 bits per heavy atom. The Kier molecular flexibility index (Phi) is 11.0. The third kappa shape index (κ3) is 8.18. The van der Waals surface area contributed by atoms with E-state index < -0.39 is 31.4 Å². The minimum atomic E-state index is -4.54. The smallest absolute Gasteiger partial charge is 0.293 e. The molecule has 2 saturated heterocycles. The van der Waals surface area contributed by atoms with E-state index in [1.165, 1.54) is 34.4 Å². The second kappa shape index (κ2) is 16.8. The summed E-state index contributed by atoms with van der Waals surface area (Å²) in [5, 5.41) is 16.1. The molecule has 0 bridgehead atoms. The summed E-state index contributed by atoms with van der Waals surface area (Å²) < 4.78 is 41.3. The molecular formula is C46H46N6O7S. The van der Waals surface area contributed by atoms with Gasteiger partial charge in [-0.15, -0.1) is 0 Å². The second-order valence-electron chi connectivity index (χ2n) is 15.6. The highest BCUT2D eigenvalue weighted by molar-refractivity contribution is 7.90. The van der Waals surface area contributed by atoms with Crippen LogP contribution < -0.4 is 19.7 Å². The van der Waals surface area contributed by atoms with Crippen LogP contribution in [0.25, 0.3) is 10.9 Å². The summed E-state index contributed by atoms with van der Waals surface area (Å²) in [6, 6.07) is 33.8. The molecule has 9 rings (SSSR count). The Morgan fingerprint density at radius 1 is 0.850 bits per heavy atom. The van der Waals surface area contributed by atoms with E-state index >= 15 is 0 Å². The Bertz CT molecular complexity index is 2620. The topological polar surface area (TPSA) is 159 Å². The van der Waals surface area contributed by atoms with Crippen LogP contribution in [0.3, 0.4) is 0 Å². The Morgan fingerprint density at radius 2 is 1.57 bits per heavy atom. The van der Waals surface area contributed by atoms with Crippen LogP contribution in [0.4, 0.5) is 17.1 Å². The average Bonchev–Trinajstić information content (AvgIpc) is 3.67. The van der Waals surface area contributed by atoms with Crippen LogP contribution in [0.5, 0.6) is 11.5 Å². The Hall–Kier alpha value is -6.22. The maximum Gasteiger partial charge on any atom is 0.293 e. The summed E-state index contributed by atoms with van der Waals surface area (Å²) in [6.45, 7) is 4.77. The van der Waals surface area contributed by atoms with Gasteiger partial charge in [0.05, 0.1) is 21.4 Å². The number of nitrogens with zero attached hydrogens (tertiary/aromatic N) is 3. The minimum Gasteiger partial charge on any atom is -0.456 e. The first-order chi connectivity index (χ1) is 29.2. The fourth-order valence-electron chi connectivity index (χ4n) is 8.75. The van der Waals surface area contributed by atoms with Crippen LogP contribution in [0.1, 0.15) is 51.5 Å². The van der Waals surface area contributed by atoms with Crippen LogP contribution in [0, 0.1) is 16.0 Å². The number of piperazine rings is 1. The van der Waals surface area contributed by atoms with Gasteiger partial charge >= 0.3 is 0 Å². The molecule has 1 aliphatic carbocycles. The van der Waals surface area contributed by atoms with Crippen molar-refractivity contribution in [3.05, 3.63) is 153 Å². The number of nitro benzene ring substituents is 1. The lowest BCUT2D eigenvalue weighted by molar-refractivity contribution is -0.384. The molecule has 0 radical (unpaired) electrons. The van der Waals surface area contributed by atoms with Gasteiger partial charge in [0.2, 0.25) is 0 Å². The van der Waals surface area contributed by atoms with Gasteiger partial charge in [0.15, 0.2) is 0 Å². The standard InChI is InChI=1S/C46H46N6O7S/c53-46(49-60(56,57)37-13-16-42(43(29-37)52(54)55)48-30-31-18-25-58-26-19-31)40-14-11-35(28-44(40)59-36-12-15-41-34(27-36)17-20-47-41)50-21-23-51(24-22-50)45-38-7-3-1-5-32(38)9-10-33-6-2-4-8-39(33)45/h1-8,11-17,20,27-29,31,45,47-48H,9-10,18-19,21-26,30H2,(H,49,53). The molecule has 0 spiro atoms. The number of nitro groups is 1. The summed E-state index contributed by atoms with van der Waals surface area (Å²) in [5.74, 6) is -0.0194. The molecule has 308 valence electrons. The predicted molar refractivity (Wildman–Crippen MR) is 231 cm³/mol. The van der Waals surface area contributed by atoms with Gasteiger partial charge in [-0.05, 0) is 102 Å². The molecule has 3 heterocycles. The van der Waals surface area contributed by atoms with Crippen LogP contribution in [0.15, 0.2) is 120 Å². The van der Waals surface area contributed by atoms with Crippen molar-refractivity contribution in [3.63, 3.8) is 0 Å². The monoisotopic (exact) mass is 826 g/mol. The normalized spacial score (nSPS) is 16.4. The lowest BCUT2D eigenvalue weighted by atomic mass is 9.92. The number of ether oxygens (including phenoxy) is 2. The first kappa shape index (κ1) is 39.3. The van der Waals surface area contributed by atoms with Crippen LogP contribution in [0.2, 0.25) is 0 Å². The minimum absolute atomic E-state index is 0.00829. The lowest BCUT2D eigenvalue weighted by Crippen LogP contribution is -2.48. The molecule has 0 saturated carbocycles. The summed E-state index contributed by atoms with van der Waals surface area (Å²) in [5.41, 5.74) is 6.99. The molecule has 2 fully saturated rings. The number of H-pyrrole nitrogens is 1. The number of rotatable bonds is 11. The van der Waals surface area contributed by atoms with Gasteiger partial charge in [-0.2, -0.15) is 0 Å². The fraction of sp³-hybridized carbons (Fsp3) is 0.283. The number of aromatic nitrogens is 1. The SMILES string of the molecule is O=C(NS(=O)(=O)c1ccc(NCC2CCOCC2)c([N+](=O)[O-])c1)c1ccc(N2CCN(C3c4ccccc4CCc4ccccc43)CC2)cc1Oc1ccc2[nH]ccc2c1. The third-order valence-corrected chi connectivity index (χ3v) is 13.3. The molecule has 5 aromatic carbocycles. The number of fused-ring (bicyclic) bond motifs is 3.